The Morgan fingerprint density at radius 2 is 1.96 bits per heavy atom. The summed E-state index contributed by atoms with van der Waals surface area (Å²) < 4.78 is 10.7. The second-order valence-corrected chi connectivity index (χ2v) is 6.38. The molecule has 2 aromatic rings. The van der Waals surface area contributed by atoms with Crippen LogP contribution in [0.15, 0.2) is 36.4 Å². The van der Waals surface area contributed by atoms with Gasteiger partial charge in [-0.05, 0) is 42.8 Å². The van der Waals surface area contributed by atoms with Crippen molar-refractivity contribution in [1.82, 2.24) is 0 Å². The quantitative estimate of drug-likeness (QED) is 0.759. The Labute approximate surface area is 155 Å². The number of amides is 1. The molecule has 1 aliphatic heterocycles. The Hall–Kier alpha value is -2.24. The van der Waals surface area contributed by atoms with Crippen molar-refractivity contribution >= 4 is 40.8 Å². The van der Waals surface area contributed by atoms with Crippen LogP contribution >= 0.6 is 23.2 Å². The molecule has 130 valence electrons. The lowest BCUT2D eigenvalue weighted by Crippen LogP contribution is -2.40. The number of carbonyl (C=O) groups excluding carboxylic acids is 2. The predicted molar refractivity (Wildman–Crippen MR) is 95.8 cm³/mol. The molecular formula is C18H15Cl2NO4. The first-order chi connectivity index (χ1) is 12.0. The number of anilines is 1. The molecule has 5 nitrogen and oxygen atoms in total. The largest absolute Gasteiger partial charge is 0.490 e. The van der Waals surface area contributed by atoms with E-state index in [0.717, 1.165) is 5.56 Å². The molecule has 0 radical (unpaired) electrons. The number of carbonyl (C=O) groups is 2. The van der Waals surface area contributed by atoms with E-state index in [1.54, 1.807) is 4.90 Å². The first-order valence-corrected chi connectivity index (χ1v) is 8.37. The summed E-state index contributed by atoms with van der Waals surface area (Å²) in [6.45, 7) is 2.36. The molecule has 3 rings (SSSR count). The van der Waals surface area contributed by atoms with Gasteiger partial charge in [0.05, 0.1) is 27.8 Å². The van der Waals surface area contributed by atoms with Crippen molar-refractivity contribution in [3.05, 3.63) is 57.6 Å². The highest BCUT2D eigenvalue weighted by molar-refractivity contribution is 6.42. The number of fused-ring (bicyclic) bond motifs is 1. The van der Waals surface area contributed by atoms with E-state index < -0.39 is 5.97 Å². The SMILES string of the molecule is Cc1ccc2c(c1)N(C(=O)COC(=O)c1ccc(Cl)c(Cl)c1)CCO2. The molecule has 2 aromatic carbocycles. The number of ether oxygens (including phenoxy) is 2. The van der Waals surface area contributed by atoms with Crippen molar-refractivity contribution in [2.45, 2.75) is 6.92 Å². The summed E-state index contributed by atoms with van der Waals surface area (Å²) in [6.07, 6.45) is 0. The van der Waals surface area contributed by atoms with Gasteiger partial charge in [-0.1, -0.05) is 29.3 Å². The highest BCUT2D eigenvalue weighted by Crippen LogP contribution is 2.32. The summed E-state index contributed by atoms with van der Waals surface area (Å²) in [7, 11) is 0. The summed E-state index contributed by atoms with van der Waals surface area (Å²) in [6, 6.07) is 10.0. The normalized spacial score (nSPS) is 13.0. The van der Waals surface area contributed by atoms with E-state index in [9.17, 15) is 9.59 Å². The standard InChI is InChI=1S/C18H15Cl2NO4/c1-11-2-5-16-15(8-11)21(6-7-24-16)17(22)10-25-18(23)12-3-4-13(19)14(20)9-12/h2-5,8-9H,6-7,10H2,1H3. The monoisotopic (exact) mass is 379 g/mol. The molecule has 1 amide bonds. The van der Waals surface area contributed by atoms with Gasteiger partial charge < -0.3 is 14.4 Å². The van der Waals surface area contributed by atoms with Crippen LogP contribution in [0.25, 0.3) is 0 Å². The van der Waals surface area contributed by atoms with Crippen LogP contribution in [0.3, 0.4) is 0 Å². The minimum atomic E-state index is -0.635. The van der Waals surface area contributed by atoms with E-state index in [0.29, 0.717) is 29.6 Å². The third-order valence-corrected chi connectivity index (χ3v) is 4.50. The third kappa shape index (κ3) is 3.89. The molecule has 7 heteroatoms. The first-order valence-electron chi connectivity index (χ1n) is 7.61. The Kier molecular flexibility index (Phi) is 5.16. The zero-order valence-corrected chi connectivity index (χ0v) is 14.9. The maximum absolute atomic E-state index is 12.5. The number of hydrogen-bond acceptors (Lipinski definition) is 4. The summed E-state index contributed by atoms with van der Waals surface area (Å²) in [5.41, 5.74) is 1.93. The molecule has 25 heavy (non-hydrogen) atoms. The zero-order valence-electron chi connectivity index (χ0n) is 13.4. The van der Waals surface area contributed by atoms with Gasteiger partial charge in [0.2, 0.25) is 0 Å². The predicted octanol–water partition coefficient (Wildman–Crippen LogP) is 3.88. The molecule has 0 atom stereocenters. The number of benzene rings is 2. The molecule has 1 aliphatic rings. The number of esters is 1. The van der Waals surface area contributed by atoms with Crippen LogP contribution in [0.5, 0.6) is 5.75 Å². The van der Waals surface area contributed by atoms with E-state index in [2.05, 4.69) is 0 Å². The van der Waals surface area contributed by atoms with Crippen LogP contribution in [-0.2, 0) is 9.53 Å². The fourth-order valence-electron chi connectivity index (χ4n) is 2.50. The zero-order chi connectivity index (χ0) is 18.0. The smallest absolute Gasteiger partial charge is 0.338 e. The van der Waals surface area contributed by atoms with Crippen molar-refractivity contribution in [3.8, 4) is 5.75 Å². The Morgan fingerprint density at radius 3 is 2.72 bits per heavy atom. The van der Waals surface area contributed by atoms with Gasteiger partial charge in [-0.2, -0.15) is 0 Å². The molecule has 0 saturated carbocycles. The van der Waals surface area contributed by atoms with Crippen LogP contribution in [0.2, 0.25) is 10.0 Å². The van der Waals surface area contributed by atoms with Gasteiger partial charge in [-0.3, -0.25) is 4.79 Å². The van der Waals surface area contributed by atoms with Crippen molar-refractivity contribution in [2.24, 2.45) is 0 Å². The maximum atomic E-state index is 12.5. The summed E-state index contributed by atoms with van der Waals surface area (Å²) in [5.74, 6) is -0.311. The topological polar surface area (TPSA) is 55.8 Å². The second-order valence-electron chi connectivity index (χ2n) is 5.57. The molecule has 0 unspecified atom stereocenters. The summed E-state index contributed by atoms with van der Waals surface area (Å²) in [5, 5.41) is 0.592. The van der Waals surface area contributed by atoms with Gasteiger partial charge in [-0.15, -0.1) is 0 Å². The van der Waals surface area contributed by atoms with E-state index in [-0.39, 0.29) is 23.1 Å². The van der Waals surface area contributed by atoms with Crippen LogP contribution in [-0.4, -0.2) is 31.6 Å². The molecule has 0 N–H and O–H groups in total. The molecule has 0 spiro atoms. The van der Waals surface area contributed by atoms with Crippen molar-refractivity contribution in [2.75, 3.05) is 24.7 Å². The number of rotatable bonds is 3. The van der Waals surface area contributed by atoms with Crippen molar-refractivity contribution in [1.29, 1.82) is 0 Å². The van der Waals surface area contributed by atoms with Gasteiger partial charge in [0.1, 0.15) is 12.4 Å². The van der Waals surface area contributed by atoms with Crippen molar-refractivity contribution < 1.29 is 19.1 Å². The first kappa shape index (κ1) is 17.6. The molecule has 0 fully saturated rings. The minimum absolute atomic E-state index is 0.237. The summed E-state index contributed by atoms with van der Waals surface area (Å²) >= 11 is 11.7. The number of halogens is 2. The van der Waals surface area contributed by atoms with E-state index in [4.69, 9.17) is 32.7 Å². The van der Waals surface area contributed by atoms with Gasteiger partial charge in [0.15, 0.2) is 6.61 Å². The van der Waals surface area contributed by atoms with Gasteiger partial charge in [0, 0.05) is 0 Å². The molecule has 1 heterocycles. The lowest BCUT2D eigenvalue weighted by atomic mass is 10.1. The van der Waals surface area contributed by atoms with Crippen LogP contribution < -0.4 is 9.64 Å². The van der Waals surface area contributed by atoms with Gasteiger partial charge in [-0.25, -0.2) is 4.79 Å². The fourth-order valence-corrected chi connectivity index (χ4v) is 2.80. The molecular weight excluding hydrogens is 365 g/mol. The van der Waals surface area contributed by atoms with Crippen molar-refractivity contribution in [3.63, 3.8) is 0 Å². The molecule has 0 aromatic heterocycles. The lowest BCUT2D eigenvalue weighted by Gasteiger charge is -2.29. The lowest BCUT2D eigenvalue weighted by molar-refractivity contribution is -0.121. The molecule has 0 saturated heterocycles. The highest BCUT2D eigenvalue weighted by atomic mass is 35.5. The summed E-state index contributed by atoms with van der Waals surface area (Å²) in [4.78, 5) is 26.1. The number of nitrogens with zero attached hydrogens (tertiary/aromatic N) is 1. The Morgan fingerprint density at radius 1 is 1.16 bits per heavy atom. The maximum Gasteiger partial charge on any atom is 0.338 e. The minimum Gasteiger partial charge on any atom is -0.490 e. The average Bonchev–Trinajstić information content (AvgIpc) is 2.61. The Bertz CT molecular complexity index is 838. The van der Waals surface area contributed by atoms with Crippen LogP contribution in [0.1, 0.15) is 15.9 Å². The number of hydrogen-bond donors (Lipinski definition) is 0. The van der Waals surface area contributed by atoms with E-state index in [1.165, 1.54) is 18.2 Å². The van der Waals surface area contributed by atoms with Gasteiger partial charge >= 0.3 is 5.97 Å². The fraction of sp³-hybridized carbons (Fsp3) is 0.222. The van der Waals surface area contributed by atoms with Crippen LogP contribution in [0.4, 0.5) is 5.69 Å². The van der Waals surface area contributed by atoms with E-state index >= 15 is 0 Å². The highest BCUT2D eigenvalue weighted by Gasteiger charge is 2.24. The average molecular weight is 380 g/mol. The third-order valence-electron chi connectivity index (χ3n) is 3.76. The second kappa shape index (κ2) is 7.33. The Balaban J connectivity index is 1.68. The molecule has 0 bridgehead atoms. The number of aryl methyl sites for hydroxylation is 1. The van der Waals surface area contributed by atoms with Crippen LogP contribution in [0, 0.1) is 6.92 Å². The van der Waals surface area contributed by atoms with Gasteiger partial charge in [0.25, 0.3) is 5.91 Å². The van der Waals surface area contributed by atoms with E-state index in [1.807, 2.05) is 25.1 Å². The molecule has 0 aliphatic carbocycles.